The lowest BCUT2D eigenvalue weighted by molar-refractivity contribution is -0.0365. The van der Waals surface area contributed by atoms with Gasteiger partial charge < -0.3 is 15.1 Å². The van der Waals surface area contributed by atoms with Gasteiger partial charge in [0.15, 0.2) is 12.4 Å². The Kier molecular flexibility index (Phi) is 3.26. The number of nitrogens with zero attached hydrogens (tertiary/aromatic N) is 2. The number of rotatable bonds is 2. The number of halogens is 1. The molecule has 3 atom stereocenters. The van der Waals surface area contributed by atoms with Crippen molar-refractivity contribution in [1.29, 1.82) is 0 Å². The molecule has 8 nitrogen and oxygen atoms in total. The highest BCUT2D eigenvalue weighted by molar-refractivity contribution is 5.94. The smallest absolute Gasteiger partial charge is 0.330 e. The number of oxime groups is 1. The van der Waals surface area contributed by atoms with Crippen molar-refractivity contribution < 1.29 is 19.4 Å². The molecular weight excluding hydrogens is 249 g/mol. The minimum atomic E-state index is -1.89. The zero-order valence-corrected chi connectivity index (χ0v) is 8.99. The second-order valence-electron chi connectivity index (χ2n) is 3.64. The van der Waals surface area contributed by atoms with Crippen LogP contribution >= 0.6 is 0 Å². The molecule has 0 radical (unpaired) electrons. The molecule has 0 saturated carbocycles. The minimum Gasteiger partial charge on any atom is -0.411 e. The van der Waals surface area contributed by atoms with Gasteiger partial charge in [-0.2, -0.15) is 0 Å². The zero-order valence-electron chi connectivity index (χ0n) is 8.99. The van der Waals surface area contributed by atoms with Crippen LogP contribution in [0.15, 0.2) is 27.0 Å². The third-order valence-corrected chi connectivity index (χ3v) is 2.57. The summed E-state index contributed by atoms with van der Waals surface area (Å²) in [6.45, 7) is -0.589. The van der Waals surface area contributed by atoms with Crippen molar-refractivity contribution in [1.82, 2.24) is 9.55 Å². The van der Waals surface area contributed by atoms with Gasteiger partial charge in [-0.05, 0) is 0 Å². The zero-order chi connectivity index (χ0) is 13.3. The first-order chi connectivity index (χ1) is 8.58. The van der Waals surface area contributed by atoms with E-state index in [-0.39, 0.29) is 0 Å². The summed E-state index contributed by atoms with van der Waals surface area (Å²) in [6.07, 6.45) is -3.35. The number of aromatic amines is 1. The van der Waals surface area contributed by atoms with E-state index >= 15 is 0 Å². The quantitative estimate of drug-likeness (QED) is 0.446. The van der Waals surface area contributed by atoms with Crippen molar-refractivity contribution in [3.8, 4) is 0 Å². The highest BCUT2D eigenvalue weighted by atomic mass is 19.1. The maximum Gasteiger partial charge on any atom is 0.330 e. The van der Waals surface area contributed by atoms with E-state index in [0.29, 0.717) is 0 Å². The van der Waals surface area contributed by atoms with Crippen molar-refractivity contribution in [2.24, 2.45) is 5.16 Å². The first-order valence-corrected chi connectivity index (χ1v) is 5.02. The van der Waals surface area contributed by atoms with E-state index in [9.17, 15) is 14.0 Å². The third-order valence-electron chi connectivity index (χ3n) is 2.57. The number of aromatic nitrogens is 2. The number of aliphatic hydroxyl groups excluding tert-OH is 1. The molecule has 0 bridgehead atoms. The van der Waals surface area contributed by atoms with Crippen LogP contribution in [0.2, 0.25) is 0 Å². The van der Waals surface area contributed by atoms with Crippen LogP contribution in [0.1, 0.15) is 6.23 Å². The van der Waals surface area contributed by atoms with Gasteiger partial charge >= 0.3 is 5.69 Å². The van der Waals surface area contributed by atoms with Crippen LogP contribution < -0.4 is 11.2 Å². The molecule has 2 rings (SSSR count). The Morgan fingerprint density at radius 2 is 2.28 bits per heavy atom. The topological polar surface area (TPSA) is 117 Å². The van der Waals surface area contributed by atoms with E-state index in [4.69, 9.17) is 15.1 Å². The number of alkyl halides is 1. The van der Waals surface area contributed by atoms with Gasteiger partial charge in [0.25, 0.3) is 5.56 Å². The van der Waals surface area contributed by atoms with Gasteiger partial charge in [0, 0.05) is 12.3 Å². The summed E-state index contributed by atoms with van der Waals surface area (Å²) in [7, 11) is 0. The van der Waals surface area contributed by atoms with Gasteiger partial charge in [-0.1, -0.05) is 5.16 Å². The molecule has 98 valence electrons. The lowest BCUT2D eigenvalue weighted by Crippen LogP contribution is -2.34. The third kappa shape index (κ3) is 1.93. The average Bonchev–Trinajstić information content (AvgIpc) is 2.66. The summed E-state index contributed by atoms with van der Waals surface area (Å²) in [5.41, 5.74) is -1.88. The molecule has 0 aliphatic carbocycles. The van der Waals surface area contributed by atoms with Gasteiger partial charge in [-0.3, -0.25) is 14.3 Å². The second-order valence-corrected chi connectivity index (χ2v) is 3.64. The monoisotopic (exact) mass is 259 g/mol. The van der Waals surface area contributed by atoms with Crippen LogP contribution in [0.4, 0.5) is 4.39 Å². The molecule has 1 aromatic heterocycles. The number of hydrogen-bond donors (Lipinski definition) is 3. The van der Waals surface area contributed by atoms with E-state index in [2.05, 4.69) is 5.16 Å². The Morgan fingerprint density at radius 1 is 1.56 bits per heavy atom. The fraction of sp³-hybridized carbons (Fsp3) is 0.444. The Morgan fingerprint density at radius 3 is 2.78 bits per heavy atom. The normalized spacial score (nSPS) is 29.9. The maximum absolute atomic E-state index is 13.9. The number of ether oxygens (including phenoxy) is 1. The lowest BCUT2D eigenvalue weighted by atomic mass is 10.2. The van der Waals surface area contributed by atoms with Crippen molar-refractivity contribution in [2.75, 3.05) is 6.61 Å². The molecule has 18 heavy (non-hydrogen) atoms. The van der Waals surface area contributed by atoms with Crippen LogP contribution in [-0.4, -0.2) is 44.5 Å². The molecule has 0 spiro atoms. The summed E-state index contributed by atoms with van der Waals surface area (Å²) in [6, 6.07) is 1.03. The molecule has 1 aliphatic heterocycles. The number of nitrogens with one attached hydrogen (secondary N) is 1. The molecule has 2 heterocycles. The van der Waals surface area contributed by atoms with Gasteiger partial charge in [-0.15, -0.1) is 0 Å². The average molecular weight is 259 g/mol. The molecular formula is C9H10FN3O5. The summed E-state index contributed by atoms with van der Waals surface area (Å²) in [4.78, 5) is 24.3. The molecule has 9 heteroatoms. The minimum absolute atomic E-state index is 0.402. The van der Waals surface area contributed by atoms with Crippen LogP contribution in [-0.2, 0) is 4.74 Å². The molecule has 1 saturated heterocycles. The lowest BCUT2D eigenvalue weighted by Gasteiger charge is -2.14. The van der Waals surface area contributed by atoms with E-state index in [1.54, 1.807) is 0 Å². The molecule has 1 fully saturated rings. The molecule has 1 aliphatic rings. The molecule has 3 N–H and O–H groups in total. The first-order valence-electron chi connectivity index (χ1n) is 5.02. The van der Waals surface area contributed by atoms with Crippen LogP contribution in [0.5, 0.6) is 0 Å². The van der Waals surface area contributed by atoms with E-state index in [1.807, 2.05) is 4.98 Å². The summed E-state index contributed by atoms with van der Waals surface area (Å²) < 4.78 is 19.7. The molecule has 1 aromatic rings. The standard InChI is InChI=1S/C9H10FN3O5/c10-6-7(12-17)4(3-14)18-8(6)13-2-1-5(15)11-9(13)16/h1-2,4,6,8,14,17H,3H2,(H,11,15,16)/b12-7+/t4-,6-,8-/m1/s1. The largest absolute Gasteiger partial charge is 0.411 e. The predicted molar refractivity (Wildman–Crippen MR) is 56.4 cm³/mol. The van der Waals surface area contributed by atoms with Gasteiger partial charge in [0.1, 0.15) is 11.8 Å². The number of aliphatic hydroxyl groups is 1. The van der Waals surface area contributed by atoms with E-state index in [0.717, 1.165) is 16.8 Å². The Hall–Kier alpha value is -2.00. The van der Waals surface area contributed by atoms with Gasteiger partial charge in [0.2, 0.25) is 0 Å². The number of hydrogen-bond acceptors (Lipinski definition) is 6. The molecule has 0 unspecified atom stereocenters. The maximum atomic E-state index is 13.9. The van der Waals surface area contributed by atoms with Crippen molar-refractivity contribution in [2.45, 2.75) is 18.5 Å². The number of H-pyrrole nitrogens is 1. The fourth-order valence-corrected chi connectivity index (χ4v) is 1.72. The summed E-state index contributed by atoms with van der Waals surface area (Å²) >= 11 is 0. The second kappa shape index (κ2) is 4.70. The van der Waals surface area contributed by atoms with Gasteiger partial charge in [-0.25, -0.2) is 9.18 Å². The summed E-state index contributed by atoms with van der Waals surface area (Å²) in [5.74, 6) is 0. The summed E-state index contributed by atoms with van der Waals surface area (Å²) in [5, 5.41) is 20.3. The van der Waals surface area contributed by atoms with Crippen molar-refractivity contribution in [3.05, 3.63) is 33.1 Å². The fourth-order valence-electron chi connectivity index (χ4n) is 1.72. The highest BCUT2D eigenvalue weighted by Gasteiger charge is 2.43. The van der Waals surface area contributed by atoms with Gasteiger partial charge in [0.05, 0.1) is 6.61 Å². The van der Waals surface area contributed by atoms with Crippen LogP contribution in [0, 0.1) is 0 Å². The highest BCUT2D eigenvalue weighted by Crippen LogP contribution is 2.28. The van der Waals surface area contributed by atoms with Crippen LogP contribution in [0.25, 0.3) is 0 Å². The Balaban J connectivity index is 2.41. The SMILES string of the molecule is O=c1ccn([C@@H]2O[C@H](CO)/C(=N\O)[C@H]2F)c(=O)[nH]1. The van der Waals surface area contributed by atoms with E-state index < -0.39 is 42.1 Å². The van der Waals surface area contributed by atoms with Crippen molar-refractivity contribution in [3.63, 3.8) is 0 Å². The Bertz CT molecular complexity index is 580. The van der Waals surface area contributed by atoms with Crippen molar-refractivity contribution >= 4 is 5.71 Å². The molecule has 0 amide bonds. The molecule has 0 aromatic carbocycles. The predicted octanol–water partition coefficient (Wildman–Crippen LogP) is -1.41. The first kappa shape index (κ1) is 12.5. The van der Waals surface area contributed by atoms with E-state index in [1.165, 1.54) is 0 Å². The van der Waals surface area contributed by atoms with Crippen LogP contribution in [0.3, 0.4) is 0 Å². The Labute approximate surface area is 98.9 Å².